The monoisotopic (exact) mass is 313 g/mol. The van der Waals surface area contributed by atoms with Crippen LogP contribution in [0.1, 0.15) is 29.9 Å². The van der Waals surface area contributed by atoms with E-state index in [1.807, 2.05) is 12.1 Å². The number of rotatable bonds is 5. The van der Waals surface area contributed by atoms with E-state index in [1.54, 1.807) is 12.4 Å². The SMILES string of the molecule is c1cncc(-c2noc(CCc3nc([C@@H]4CCOC4)no3)n2)c1. The third-order valence-electron chi connectivity index (χ3n) is 3.72. The smallest absolute Gasteiger partial charge is 0.227 e. The Labute approximate surface area is 131 Å². The van der Waals surface area contributed by atoms with Crippen molar-refractivity contribution < 1.29 is 13.8 Å². The van der Waals surface area contributed by atoms with Crippen LogP contribution < -0.4 is 0 Å². The minimum absolute atomic E-state index is 0.244. The van der Waals surface area contributed by atoms with Crippen molar-refractivity contribution in [2.75, 3.05) is 13.2 Å². The van der Waals surface area contributed by atoms with Gasteiger partial charge in [-0.05, 0) is 18.6 Å². The molecule has 1 saturated heterocycles. The predicted octanol–water partition coefficient (Wildman–Crippen LogP) is 1.80. The molecule has 1 aliphatic rings. The first kappa shape index (κ1) is 14.0. The Morgan fingerprint density at radius 2 is 1.96 bits per heavy atom. The van der Waals surface area contributed by atoms with Gasteiger partial charge in [0.1, 0.15) is 0 Å². The maximum Gasteiger partial charge on any atom is 0.227 e. The minimum atomic E-state index is 0.244. The van der Waals surface area contributed by atoms with E-state index in [1.165, 1.54) is 0 Å². The van der Waals surface area contributed by atoms with E-state index < -0.39 is 0 Å². The third kappa shape index (κ3) is 3.11. The van der Waals surface area contributed by atoms with Gasteiger partial charge in [-0.3, -0.25) is 4.98 Å². The van der Waals surface area contributed by atoms with Crippen molar-refractivity contribution in [3.8, 4) is 11.4 Å². The normalized spacial score (nSPS) is 17.7. The van der Waals surface area contributed by atoms with Gasteiger partial charge in [0.15, 0.2) is 5.82 Å². The van der Waals surface area contributed by atoms with Crippen molar-refractivity contribution in [3.63, 3.8) is 0 Å². The summed E-state index contributed by atoms with van der Waals surface area (Å²) in [5.41, 5.74) is 0.823. The molecule has 118 valence electrons. The molecule has 8 nitrogen and oxygen atoms in total. The molecule has 4 rings (SSSR count). The summed E-state index contributed by atoms with van der Waals surface area (Å²) in [6.45, 7) is 1.42. The van der Waals surface area contributed by atoms with Crippen LogP contribution >= 0.6 is 0 Å². The molecule has 0 spiro atoms. The van der Waals surface area contributed by atoms with Crippen molar-refractivity contribution in [2.45, 2.75) is 25.2 Å². The van der Waals surface area contributed by atoms with E-state index in [0.717, 1.165) is 24.4 Å². The maximum absolute atomic E-state index is 5.33. The summed E-state index contributed by atoms with van der Waals surface area (Å²) in [7, 11) is 0. The topological polar surface area (TPSA) is 100.0 Å². The fraction of sp³-hybridized carbons (Fsp3) is 0.400. The van der Waals surface area contributed by atoms with E-state index in [9.17, 15) is 0 Å². The number of nitrogens with zero attached hydrogens (tertiary/aromatic N) is 5. The molecular weight excluding hydrogens is 298 g/mol. The van der Waals surface area contributed by atoms with Gasteiger partial charge in [-0.25, -0.2) is 0 Å². The molecule has 0 radical (unpaired) electrons. The van der Waals surface area contributed by atoms with E-state index in [-0.39, 0.29) is 5.92 Å². The van der Waals surface area contributed by atoms with E-state index >= 15 is 0 Å². The van der Waals surface area contributed by atoms with Crippen LogP contribution in [0.15, 0.2) is 33.6 Å². The lowest BCUT2D eigenvalue weighted by Gasteiger charge is -1.97. The summed E-state index contributed by atoms with van der Waals surface area (Å²) in [5.74, 6) is 2.61. The molecule has 3 aromatic rings. The van der Waals surface area contributed by atoms with Crippen LogP contribution in [0.2, 0.25) is 0 Å². The second-order valence-corrected chi connectivity index (χ2v) is 5.36. The minimum Gasteiger partial charge on any atom is -0.381 e. The maximum atomic E-state index is 5.33. The molecule has 4 heterocycles. The Balaban J connectivity index is 1.39. The molecular formula is C15H15N5O3. The first-order chi connectivity index (χ1) is 11.4. The average molecular weight is 313 g/mol. The van der Waals surface area contributed by atoms with E-state index in [4.69, 9.17) is 13.8 Å². The summed E-state index contributed by atoms with van der Waals surface area (Å²) >= 11 is 0. The summed E-state index contributed by atoms with van der Waals surface area (Å²) in [6.07, 6.45) is 5.46. The van der Waals surface area contributed by atoms with Crippen molar-refractivity contribution in [1.29, 1.82) is 0 Å². The fourth-order valence-electron chi connectivity index (χ4n) is 2.46. The quantitative estimate of drug-likeness (QED) is 0.703. The Morgan fingerprint density at radius 1 is 1.09 bits per heavy atom. The lowest BCUT2D eigenvalue weighted by Crippen LogP contribution is -2.00. The average Bonchev–Trinajstić information content (AvgIpc) is 3.33. The highest BCUT2D eigenvalue weighted by molar-refractivity contribution is 5.51. The first-order valence-electron chi connectivity index (χ1n) is 7.52. The van der Waals surface area contributed by atoms with Crippen molar-refractivity contribution in [3.05, 3.63) is 42.1 Å². The predicted molar refractivity (Wildman–Crippen MR) is 77.4 cm³/mol. The van der Waals surface area contributed by atoms with Gasteiger partial charge < -0.3 is 13.8 Å². The van der Waals surface area contributed by atoms with Gasteiger partial charge in [0.2, 0.25) is 17.6 Å². The molecule has 23 heavy (non-hydrogen) atoms. The highest BCUT2D eigenvalue weighted by Crippen LogP contribution is 2.22. The van der Waals surface area contributed by atoms with Crippen LogP contribution in [-0.2, 0) is 17.6 Å². The Kier molecular flexibility index (Phi) is 3.81. The largest absolute Gasteiger partial charge is 0.381 e. The number of aryl methyl sites for hydroxylation is 2. The van der Waals surface area contributed by atoms with Crippen LogP contribution in [0, 0.1) is 0 Å². The standard InChI is InChI=1S/C15H15N5O3/c1-2-10(8-16-6-1)14-17-12(22-19-14)3-4-13-18-15(20-23-13)11-5-7-21-9-11/h1-2,6,8,11H,3-5,7,9H2/t11-/m1/s1. The second kappa shape index (κ2) is 6.25. The third-order valence-corrected chi connectivity index (χ3v) is 3.72. The zero-order valence-corrected chi connectivity index (χ0v) is 12.4. The highest BCUT2D eigenvalue weighted by Gasteiger charge is 2.23. The molecule has 0 amide bonds. The molecule has 3 aromatic heterocycles. The van der Waals surface area contributed by atoms with Crippen molar-refractivity contribution >= 4 is 0 Å². The van der Waals surface area contributed by atoms with Gasteiger partial charge in [0.05, 0.1) is 6.61 Å². The van der Waals surface area contributed by atoms with Gasteiger partial charge in [-0.15, -0.1) is 0 Å². The zero-order valence-electron chi connectivity index (χ0n) is 12.4. The van der Waals surface area contributed by atoms with E-state index in [2.05, 4.69) is 25.3 Å². The van der Waals surface area contributed by atoms with Gasteiger partial charge in [0, 0.05) is 43.3 Å². The lowest BCUT2D eigenvalue weighted by atomic mass is 10.1. The molecule has 0 aliphatic carbocycles. The summed E-state index contributed by atoms with van der Waals surface area (Å²) in [4.78, 5) is 12.8. The Bertz CT molecular complexity index is 764. The van der Waals surface area contributed by atoms with Gasteiger partial charge in [0.25, 0.3) is 0 Å². The molecule has 0 aromatic carbocycles. The van der Waals surface area contributed by atoms with Crippen LogP contribution in [0.3, 0.4) is 0 Å². The molecule has 0 saturated carbocycles. The number of hydrogen-bond donors (Lipinski definition) is 0. The summed E-state index contributed by atoms with van der Waals surface area (Å²) in [5, 5.41) is 7.98. The molecule has 0 bridgehead atoms. The summed E-state index contributed by atoms with van der Waals surface area (Å²) < 4.78 is 15.9. The van der Waals surface area contributed by atoms with Crippen molar-refractivity contribution in [1.82, 2.24) is 25.3 Å². The number of ether oxygens (including phenoxy) is 1. The number of hydrogen-bond acceptors (Lipinski definition) is 8. The van der Waals surface area contributed by atoms with Crippen LogP contribution in [0.5, 0.6) is 0 Å². The van der Waals surface area contributed by atoms with Crippen LogP contribution in [0.4, 0.5) is 0 Å². The first-order valence-corrected chi connectivity index (χ1v) is 7.52. The van der Waals surface area contributed by atoms with Gasteiger partial charge in [-0.2, -0.15) is 9.97 Å². The molecule has 0 unspecified atom stereocenters. The second-order valence-electron chi connectivity index (χ2n) is 5.36. The molecule has 8 heteroatoms. The Hall–Kier alpha value is -2.61. The Morgan fingerprint density at radius 3 is 2.74 bits per heavy atom. The van der Waals surface area contributed by atoms with Crippen LogP contribution in [0.25, 0.3) is 11.4 Å². The number of pyridine rings is 1. The fourth-order valence-corrected chi connectivity index (χ4v) is 2.46. The van der Waals surface area contributed by atoms with Gasteiger partial charge >= 0.3 is 0 Å². The molecule has 1 atom stereocenters. The lowest BCUT2D eigenvalue weighted by molar-refractivity contribution is 0.192. The molecule has 1 fully saturated rings. The van der Waals surface area contributed by atoms with Gasteiger partial charge in [-0.1, -0.05) is 10.3 Å². The van der Waals surface area contributed by atoms with Crippen LogP contribution in [-0.4, -0.2) is 38.5 Å². The summed E-state index contributed by atoms with van der Waals surface area (Å²) in [6, 6.07) is 3.72. The van der Waals surface area contributed by atoms with Crippen molar-refractivity contribution in [2.24, 2.45) is 0 Å². The highest BCUT2D eigenvalue weighted by atomic mass is 16.5. The number of aromatic nitrogens is 5. The zero-order chi connectivity index (χ0) is 15.5. The molecule has 0 N–H and O–H groups in total. The van der Waals surface area contributed by atoms with E-state index in [0.29, 0.717) is 37.1 Å². The molecule has 1 aliphatic heterocycles.